The molecule has 2 aromatic carbocycles. The minimum Gasteiger partial charge on any atom is -0.454 e. The molecule has 30 heavy (non-hydrogen) atoms. The Balaban J connectivity index is 1.57. The van der Waals surface area contributed by atoms with Crippen LogP contribution in [-0.2, 0) is 14.3 Å². The van der Waals surface area contributed by atoms with E-state index in [1.54, 1.807) is 0 Å². The first kappa shape index (κ1) is 21.6. The fourth-order valence-corrected chi connectivity index (χ4v) is 3.18. The number of halogens is 3. The van der Waals surface area contributed by atoms with E-state index >= 15 is 0 Å². The van der Waals surface area contributed by atoms with Gasteiger partial charge in [0.15, 0.2) is 6.61 Å². The highest BCUT2D eigenvalue weighted by atomic mass is 35.5. The second kappa shape index (κ2) is 8.71. The minimum atomic E-state index is -0.963. The van der Waals surface area contributed by atoms with Crippen molar-refractivity contribution in [2.45, 2.75) is 0 Å². The summed E-state index contributed by atoms with van der Waals surface area (Å²) in [6.45, 7) is -1.34. The number of nitriles is 1. The molecule has 1 N–H and O–H groups in total. The molecule has 0 saturated heterocycles. The molecule has 3 amide bonds. The zero-order chi connectivity index (χ0) is 22.0. The van der Waals surface area contributed by atoms with Gasteiger partial charge in [0.1, 0.15) is 12.6 Å². The van der Waals surface area contributed by atoms with Crippen LogP contribution in [0.4, 0.5) is 5.69 Å². The van der Waals surface area contributed by atoms with E-state index in [0.29, 0.717) is 10.6 Å². The van der Waals surface area contributed by atoms with Gasteiger partial charge in [-0.15, -0.1) is 0 Å². The van der Waals surface area contributed by atoms with Gasteiger partial charge in [-0.05, 0) is 30.3 Å². The van der Waals surface area contributed by atoms with Gasteiger partial charge in [0.2, 0.25) is 0 Å². The molecule has 152 valence electrons. The summed E-state index contributed by atoms with van der Waals surface area (Å²) in [5, 5.41) is 11.6. The molecular weight excluding hydrogens is 457 g/mol. The number of anilines is 1. The van der Waals surface area contributed by atoms with Crippen molar-refractivity contribution in [2.24, 2.45) is 0 Å². The standard InChI is InChI=1S/C19H10Cl3N3O5/c20-13-3-10(2-1-9(13)6-23)24-16(26)8-30-17(27)7-25-18(28)11-4-14(21)15(22)5-12(11)19(25)29/h1-5H,7-8H2,(H,24,26). The molecule has 3 rings (SSSR count). The SMILES string of the molecule is N#Cc1ccc(NC(=O)COC(=O)CN2C(=O)c3cc(Cl)c(Cl)cc3C2=O)cc1Cl. The molecule has 0 aromatic heterocycles. The summed E-state index contributed by atoms with van der Waals surface area (Å²) in [6, 6.07) is 8.63. The van der Waals surface area contributed by atoms with Gasteiger partial charge in [-0.25, -0.2) is 0 Å². The third-order valence-corrected chi connectivity index (χ3v) is 5.07. The van der Waals surface area contributed by atoms with Crippen LogP contribution in [0.25, 0.3) is 0 Å². The molecule has 1 heterocycles. The number of nitrogens with one attached hydrogen (secondary N) is 1. The van der Waals surface area contributed by atoms with E-state index in [-0.39, 0.29) is 31.8 Å². The molecule has 0 unspecified atom stereocenters. The number of hydrogen-bond donors (Lipinski definition) is 1. The maximum absolute atomic E-state index is 12.4. The molecule has 0 saturated carbocycles. The lowest BCUT2D eigenvalue weighted by Gasteiger charge is -2.13. The maximum atomic E-state index is 12.4. The van der Waals surface area contributed by atoms with Gasteiger partial charge in [-0.3, -0.25) is 24.1 Å². The number of hydrogen-bond acceptors (Lipinski definition) is 6. The van der Waals surface area contributed by atoms with Gasteiger partial charge in [0, 0.05) is 5.69 Å². The number of ether oxygens (including phenoxy) is 1. The van der Waals surface area contributed by atoms with Crippen molar-refractivity contribution in [2.75, 3.05) is 18.5 Å². The van der Waals surface area contributed by atoms with Crippen molar-refractivity contribution in [3.8, 4) is 6.07 Å². The smallest absolute Gasteiger partial charge is 0.326 e. The summed E-state index contributed by atoms with van der Waals surface area (Å²) < 4.78 is 4.82. The molecule has 0 aliphatic carbocycles. The van der Waals surface area contributed by atoms with Gasteiger partial charge < -0.3 is 10.1 Å². The average Bonchev–Trinajstić information content (AvgIpc) is 2.91. The van der Waals surface area contributed by atoms with Gasteiger partial charge >= 0.3 is 5.97 Å². The number of esters is 1. The van der Waals surface area contributed by atoms with Crippen LogP contribution >= 0.6 is 34.8 Å². The number of amides is 3. The topological polar surface area (TPSA) is 117 Å². The monoisotopic (exact) mass is 465 g/mol. The van der Waals surface area contributed by atoms with Crippen molar-refractivity contribution >= 4 is 64.2 Å². The van der Waals surface area contributed by atoms with Crippen molar-refractivity contribution in [3.63, 3.8) is 0 Å². The van der Waals surface area contributed by atoms with E-state index in [1.807, 2.05) is 6.07 Å². The Morgan fingerprint density at radius 2 is 1.60 bits per heavy atom. The largest absolute Gasteiger partial charge is 0.454 e. The lowest BCUT2D eigenvalue weighted by atomic mass is 10.1. The van der Waals surface area contributed by atoms with E-state index in [2.05, 4.69) is 5.32 Å². The van der Waals surface area contributed by atoms with Crippen LogP contribution in [0.1, 0.15) is 26.3 Å². The Morgan fingerprint density at radius 3 is 2.13 bits per heavy atom. The van der Waals surface area contributed by atoms with Crippen molar-refractivity contribution in [3.05, 3.63) is 62.1 Å². The predicted molar refractivity (Wildman–Crippen MR) is 108 cm³/mol. The van der Waals surface area contributed by atoms with Crippen LogP contribution in [0, 0.1) is 11.3 Å². The van der Waals surface area contributed by atoms with Gasteiger partial charge in [0.05, 0.1) is 31.8 Å². The number of fused-ring (bicyclic) bond motifs is 1. The fraction of sp³-hybridized carbons (Fsp3) is 0.105. The molecule has 11 heteroatoms. The number of nitrogens with zero attached hydrogens (tertiary/aromatic N) is 2. The summed E-state index contributed by atoms with van der Waals surface area (Å²) in [4.78, 5) is 49.3. The highest BCUT2D eigenvalue weighted by Gasteiger charge is 2.37. The lowest BCUT2D eigenvalue weighted by molar-refractivity contribution is -0.147. The third-order valence-electron chi connectivity index (χ3n) is 4.04. The molecule has 0 bridgehead atoms. The van der Waals surface area contributed by atoms with Crippen molar-refractivity contribution in [1.29, 1.82) is 5.26 Å². The van der Waals surface area contributed by atoms with E-state index in [0.717, 1.165) is 0 Å². The highest BCUT2D eigenvalue weighted by molar-refractivity contribution is 6.43. The third kappa shape index (κ3) is 4.39. The van der Waals surface area contributed by atoms with Crippen molar-refractivity contribution < 1.29 is 23.9 Å². The lowest BCUT2D eigenvalue weighted by Crippen LogP contribution is -2.36. The second-order valence-electron chi connectivity index (χ2n) is 6.02. The van der Waals surface area contributed by atoms with E-state index < -0.39 is 36.8 Å². The second-order valence-corrected chi connectivity index (χ2v) is 7.25. The zero-order valence-electron chi connectivity index (χ0n) is 14.9. The van der Waals surface area contributed by atoms with Crippen LogP contribution in [0.15, 0.2) is 30.3 Å². The summed E-state index contributed by atoms with van der Waals surface area (Å²) in [5.74, 6) is -3.08. The van der Waals surface area contributed by atoms with E-state index in [1.165, 1.54) is 30.3 Å². The molecular formula is C19H10Cl3N3O5. The number of carbonyl (C=O) groups excluding carboxylic acids is 4. The molecule has 0 fully saturated rings. The van der Waals surface area contributed by atoms with Crippen LogP contribution < -0.4 is 5.32 Å². The zero-order valence-corrected chi connectivity index (χ0v) is 17.1. The first-order valence-corrected chi connectivity index (χ1v) is 9.35. The van der Waals surface area contributed by atoms with Crippen LogP contribution in [-0.4, -0.2) is 41.7 Å². The Hall–Kier alpha value is -3.12. The first-order valence-electron chi connectivity index (χ1n) is 8.21. The number of benzene rings is 2. The highest BCUT2D eigenvalue weighted by Crippen LogP contribution is 2.31. The van der Waals surface area contributed by atoms with E-state index in [4.69, 9.17) is 44.8 Å². The molecule has 0 radical (unpaired) electrons. The molecule has 8 nitrogen and oxygen atoms in total. The van der Waals surface area contributed by atoms with Gasteiger partial charge in [0.25, 0.3) is 17.7 Å². The normalized spacial score (nSPS) is 12.4. The molecule has 2 aromatic rings. The summed E-state index contributed by atoms with van der Waals surface area (Å²) >= 11 is 17.6. The first-order chi connectivity index (χ1) is 14.2. The molecule has 1 aliphatic heterocycles. The number of carbonyl (C=O) groups is 4. The van der Waals surface area contributed by atoms with Crippen molar-refractivity contribution in [1.82, 2.24) is 4.90 Å². The van der Waals surface area contributed by atoms with Gasteiger partial charge in [-0.2, -0.15) is 5.26 Å². The van der Waals surface area contributed by atoms with E-state index in [9.17, 15) is 19.2 Å². The van der Waals surface area contributed by atoms with Crippen LogP contribution in [0.5, 0.6) is 0 Å². The fourth-order valence-electron chi connectivity index (χ4n) is 2.63. The Kier molecular flexibility index (Phi) is 6.27. The summed E-state index contributed by atoms with van der Waals surface area (Å²) in [5.41, 5.74) is 0.592. The number of imide groups is 1. The Morgan fingerprint density at radius 1 is 1.00 bits per heavy atom. The van der Waals surface area contributed by atoms with Crippen LogP contribution in [0.2, 0.25) is 15.1 Å². The number of rotatable bonds is 5. The average molecular weight is 467 g/mol. The molecule has 0 atom stereocenters. The predicted octanol–water partition coefficient (Wildman–Crippen LogP) is 3.30. The van der Waals surface area contributed by atoms with Gasteiger partial charge in [-0.1, -0.05) is 34.8 Å². The van der Waals surface area contributed by atoms with Crippen LogP contribution in [0.3, 0.4) is 0 Å². The molecule has 1 aliphatic rings. The quantitative estimate of drug-likeness (QED) is 0.534. The summed E-state index contributed by atoms with van der Waals surface area (Å²) in [6.07, 6.45) is 0. The maximum Gasteiger partial charge on any atom is 0.326 e. The minimum absolute atomic E-state index is 0.0256. The Labute approximate surface area is 184 Å². The molecule has 0 spiro atoms. The Bertz CT molecular complexity index is 1100. The summed E-state index contributed by atoms with van der Waals surface area (Å²) in [7, 11) is 0.